The van der Waals surface area contributed by atoms with Gasteiger partial charge in [0.15, 0.2) is 17.2 Å². The number of nitrogens with zero attached hydrogens (tertiary/aromatic N) is 2. The van der Waals surface area contributed by atoms with Crippen LogP contribution in [0.1, 0.15) is 21.7 Å². The molecule has 0 radical (unpaired) electrons. The highest BCUT2D eigenvalue weighted by atomic mass is 16.5. The lowest BCUT2D eigenvalue weighted by atomic mass is 9.96. The minimum atomic E-state index is -0.624. The molecule has 0 aliphatic heterocycles. The number of ether oxygens (including phenoxy) is 6. The van der Waals surface area contributed by atoms with Crippen LogP contribution in [0.25, 0.3) is 21.9 Å². The van der Waals surface area contributed by atoms with E-state index in [0.29, 0.717) is 44.9 Å². The lowest BCUT2D eigenvalue weighted by Crippen LogP contribution is -2.10. The van der Waals surface area contributed by atoms with E-state index in [-0.39, 0.29) is 24.8 Å². The number of benzene rings is 3. The summed E-state index contributed by atoms with van der Waals surface area (Å²) >= 11 is 0. The molecule has 0 saturated heterocycles. The van der Waals surface area contributed by atoms with Crippen molar-refractivity contribution in [2.75, 3.05) is 28.4 Å². The molecule has 0 aliphatic carbocycles. The van der Waals surface area contributed by atoms with Crippen LogP contribution in [0.5, 0.6) is 28.9 Å². The van der Waals surface area contributed by atoms with Crippen LogP contribution in [0.4, 0.5) is 0 Å². The summed E-state index contributed by atoms with van der Waals surface area (Å²) in [7, 11) is 5.91. The average Bonchev–Trinajstić information content (AvgIpc) is 3.05. The Balaban J connectivity index is 1.70. The average molecular weight is 567 g/mol. The van der Waals surface area contributed by atoms with Crippen LogP contribution >= 0.6 is 0 Å². The van der Waals surface area contributed by atoms with Gasteiger partial charge < -0.3 is 28.4 Å². The number of aromatic nitrogens is 2. The first-order valence-corrected chi connectivity index (χ1v) is 13.1. The van der Waals surface area contributed by atoms with Crippen molar-refractivity contribution >= 4 is 16.7 Å². The molecule has 0 fully saturated rings. The first-order chi connectivity index (χ1) is 20.6. The minimum absolute atomic E-state index is 0.0736. The van der Waals surface area contributed by atoms with Crippen LogP contribution in [-0.2, 0) is 18.0 Å². The Hall–Kier alpha value is -5.31. The van der Waals surface area contributed by atoms with Gasteiger partial charge in [-0.15, -0.1) is 0 Å². The van der Waals surface area contributed by atoms with Gasteiger partial charge in [0.05, 0.1) is 34.1 Å². The van der Waals surface area contributed by atoms with E-state index in [0.717, 1.165) is 11.3 Å². The topological polar surface area (TPSA) is 98.2 Å². The number of hydrogen-bond acceptors (Lipinski definition) is 9. The van der Waals surface area contributed by atoms with Crippen LogP contribution in [0.15, 0.2) is 85.1 Å². The number of methoxy groups -OCH3 is 4. The van der Waals surface area contributed by atoms with Gasteiger partial charge >= 0.3 is 5.97 Å². The normalized spacial score (nSPS) is 10.7. The number of carbonyl (C=O) groups excluding carboxylic acids is 1. The Bertz CT molecular complexity index is 1670. The standard InChI is InChI=1S/C33H30N2O7/c1-37-27-16-22(17-28(38-2)31(27)39-3)29-25-14-13-24(41-20-23-12-8-9-15-34-23)18-26(25)32(35-30(29)33(36)40-4)42-19-21-10-6-5-7-11-21/h5-18H,19-20H2,1-4H3. The summed E-state index contributed by atoms with van der Waals surface area (Å²) in [5.41, 5.74) is 2.93. The zero-order valence-electron chi connectivity index (χ0n) is 23.7. The van der Waals surface area contributed by atoms with E-state index >= 15 is 0 Å². The number of carbonyl (C=O) groups is 1. The van der Waals surface area contributed by atoms with Crippen LogP contribution in [0, 0.1) is 0 Å². The fourth-order valence-electron chi connectivity index (χ4n) is 4.59. The summed E-state index contributed by atoms with van der Waals surface area (Å²) in [6, 6.07) is 24.4. The van der Waals surface area contributed by atoms with E-state index in [4.69, 9.17) is 33.4 Å². The Morgan fingerprint density at radius 1 is 0.738 bits per heavy atom. The summed E-state index contributed by atoms with van der Waals surface area (Å²) in [6.45, 7) is 0.520. The molecule has 2 aromatic heterocycles. The molecule has 2 heterocycles. The Labute approximate surface area is 243 Å². The van der Waals surface area contributed by atoms with E-state index in [2.05, 4.69) is 4.98 Å². The molecule has 0 N–H and O–H groups in total. The summed E-state index contributed by atoms with van der Waals surface area (Å²) in [5.74, 6) is 1.50. The zero-order valence-corrected chi connectivity index (χ0v) is 23.7. The number of fused-ring (bicyclic) bond motifs is 1. The smallest absolute Gasteiger partial charge is 0.357 e. The molecule has 9 nitrogen and oxygen atoms in total. The number of rotatable bonds is 11. The molecular formula is C33H30N2O7. The molecule has 3 aromatic carbocycles. The molecule has 214 valence electrons. The number of pyridine rings is 2. The maximum absolute atomic E-state index is 13.2. The summed E-state index contributed by atoms with van der Waals surface area (Å²) in [6.07, 6.45) is 1.72. The Kier molecular flexibility index (Phi) is 8.67. The van der Waals surface area contributed by atoms with Gasteiger partial charge in [-0.3, -0.25) is 4.98 Å². The molecule has 0 unspecified atom stereocenters. The van der Waals surface area contributed by atoms with Gasteiger partial charge in [0.25, 0.3) is 0 Å². The third kappa shape index (κ3) is 5.90. The van der Waals surface area contributed by atoms with E-state index < -0.39 is 5.97 Å². The first-order valence-electron chi connectivity index (χ1n) is 13.1. The molecular weight excluding hydrogens is 536 g/mol. The number of hydrogen-bond donors (Lipinski definition) is 0. The van der Waals surface area contributed by atoms with Crippen molar-refractivity contribution in [1.82, 2.24) is 9.97 Å². The highest BCUT2D eigenvalue weighted by molar-refractivity contribution is 6.08. The summed E-state index contributed by atoms with van der Waals surface area (Å²) in [5, 5.41) is 1.33. The van der Waals surface area contributed by atoms with Gasteiger partial charge in [-0.2, -0.15) is 0 Å². The molecule has 9 heteroatoms. The van der Waals surface area contributed by atoms with E-state index in [1.807, 2.05) is 66.7 Å². The highest BCUT2D eigenvalue weighted by Crippen LogP contribution is 2.45. The predicted octanol–water partition coefficient (Wildman–Crippen LogP) is 6.27. The molecule has 5 rings (SSSR count). The largest absolute Gasteiger partial charge is 0.493 e. The van der Waals surface area contributed by atoms with Gasteiger partial charge in [-0.05, 0) is 59.0 Å². The lowest BCUT2D eigenvalue weighted by Gasteiger charge is -2.19. The second-order valence-electron chi connectivity index (χ2n) is 9.14. The monoisotopic (exact) mass is 566 g/mol. The van der Waals surface area contributed by atoms with Crippen LogP contribution < -0.4 is 23.7 Å². The van der Waals surface area contributed by atoms with Crippen molar-refractivity contribution in [2.24, 2.45) is 0 Å². The molecule has 0 spiro atoms. The molecule has 0 saturated carbocycles. The minimum Gasteiger partial charge on any atom is -0.493 e. The van der Waals surface area contributed by atoms with Gasteiger partial charge in [0.1, 0.15) is 19.0 Å². The first kappa shape index (κ1) is 28.2. The predicted molar refractivity (Wildman–Crippen MR) is 158 cm³/mol. The highest BCUT2D eigenvalue weighted by Gasteiger charge is 2.25. The van der Waals surface area contributed by atoms with E-state index in [1.54, 1.807) is 18.3 Å². The van der Waals surface area contributed by atoms with Gasteiger partial charge in [-0.25, -0.2) is 9.78 Å². The molecule has 0 amide bonds. The molecule has 42 heavy (non-hydrogen) atoms. The van der Waals surface area contributed by atoms with Gasteiger partial charge in [0, 0.05) is 17.1 Å². The summed E-state index contributed by atoms with van der Waals surface area (Å²) < 4.78 is 34.1. The Morgan fingerprint density at radius 2 is 1.48 bits per heavy atom. The van der Waals surface area contributed by atoms with Gasteiger partial charge in [-0.1, -0.05) is 36.4 Å². The van der Waals surface area contributed by atoms with Crippen molar-refractivity contribution in [1.29, 1.82) is 0 Å². The van der Waals surface area contributed by atoms with Crippen LogP contribution in [-0.4, -0.2) is 44.4 Å². The van der Waals surface area contributed by atoms with Crippen molar-refractivity contribution in [3.63, 3.8) is 0 Å². The van der Waals surface area contributed by atoms with Crippen LogP contribution in [0.2, 0.25) is 0 Å². The maximum Gasteiger partial charge on any atom is 0.357 e. The zero-order chi connectivity index (χ0) is 29.5. The van der Waals surface area contributed by atoms with Crippen molar-refractivity contribution in [3.05, 3.63) is 102 Å². The third-order valence-electron chi connectivity index (χ3n) is 6.60. The molecule has 0 aliphatic rings. The van der Waals surface area contributed by atoms with Crippen molar-refractivity contribution in [2.45, 2.75) is 13.2 Å². The second kappa shape index (κ2) is 12.9. The van der Waals surface area contributed by atoms with Crippen molar-refractivity contribution < 1.29 is 33.2 Å². The SMILES string of the molecule is COC(=O)c1nc(OCc2ccccc2)c2cc(OCc3ccccn3)ccc2c1-c1cc(OC)c(OC)c(OC)c1. The van der Waals surface area contributed by atoms with E-state index in [1.165, 1.54) is 28.4 Å². The lowest BCUT2D eigenvalue weighted by molar-refractivity contribution is 0.0594. The maximum atomic E-state index is 13.2. The van der Waals surface area contributed by atoms with Crippen molar-refractivity contribution in [3.8, 4) is 40.0 Å². The Morgan fingerprint density at radius 3 is 2.12 bits per heavy atom. The fraction of sp³-hybridized carbons (Fsp3) is 0.182. The third-order valence-corrected chi connectivity index (χ3v) is 6.60. The summed E-state index contributed by atoms with van der Waals surface area (Å²) in [4.78, 5) is 22.2. The van der Waals surface area contributed by atoms with Crippen LogP contribution in [0.3, 0.4) is 0 Å². The fourth-order valence-corrected chi connectivity index (χ4v) is 4.59. The molecule has 0 atom stereocenters. The molecule has 5 aromatic rings. The quantitative estimate of drug-likeness (QED) is 0.171. The second-order valence-corrected chi connectivity index (χ2v) is 9.14. The van der Waals surface area contributed by atoms with E-state index in [9.17, 15) is 4.79 Å². The molecule has 0 bridgehead atoms. The number of esters is 1. The van der Waals surface area contributed by atoms with Gasteiger partial charge in [0.2, 0.25) is 11.6 Å².